The second kappa shape index (κ2) is 10.3. The number of hydrogen-bond donors (Lipinski definition) is 2. The van der Waals surface area contributed by atoms with Gasteiger partial charge in [0.1, 0.15) is 11.5 Å². The van der Waals surface area contributed by atoms with Gasteiger partial charge in [0.2, 0.25) is 11.0 Å². The van der Waals surface area contributed by atoms with Gasteiger partial charge in [-0.05, 0) is 30.0 Å². The summed E-state index contributed by atoms with van der Waals surface area (Å²) in [7, 11) is 3.13. The van der Waals surface area contributed by atoms with Crippen LogP contribution in [0.5, 0.6) is 11.5 Å². The molecule has 0 saturated carbocycles. The van der Waals surface area contributed by atoms with E-state index in [0.29, 0.717) is 17.2 Å². The minimum absolute atomic E-state index is 0.154. The van der Waals surface area contributed by atoms with Crippen LogP contribution >= 0.6 is 34.4 Å². The minimum Gasteiger partial charge on any atom is -0.497 e. The van der Waals surface area contributed by atoms with E-state index < -0.39 is 0 Å². The molecule has 0 radical (unpaired) electrons. The first kappa shape index (κ1) is 20.4. The van der Waals surface area contributed by atoms with E-state index in [1.165, 1.54) is 28.0 Å². The van der Waals surface area contributed by atoms with Crippen molar-refractivity contribution in [1.29, 1.82) is 0 Å². The molecule has 1 aromatic carbocycles. The highest BCUT2D eigenvalue weighted by Gasteiger charge is 2.12. The van der Waals surface area contributed by atoms with Crippen molar-refractivity contribution in [3.05, 3.63) is 40.6 Å². The van der Waals surface area contributed by atoms with Crippen molar-refractivity contribution >= 4 is 51.2 Å². The first-order valence-corrected chi connectivity index (χ1v) is 11.1. The van der Waals surface area contributed by atoms with Crippen LogP contribution < -0.4 is 20.1 Å². The molecule has 0 spiro atoms. The van der Waals surface area contributed by atoms with Crippen molar-refractivity contribution in [1.82, 2.24) is 10.2 Å². The van der Waals surface area contributed by atoms with Gasteiger partial charge in [0.25, 0.3) is 0 Å². The van der Waals surface area contributed by atoms with E-state index in [-0.39, 0.29) is 11.7 Å². The molecule has 0 aliphatic rings. The number of rotatable bonds is 10. The number of nitrogens with zero attached hydrogens (tertiary/aromatic N) is 2. The fraction of sp³-hybridized carbons (Fsp3) is 0.278. The van der Waals surface area contributed by atoms with Crippen molar-refractivity contribution < 1.29 is 14.3 Å². The average Bonchev–Trinajstić information content (AvgIpc) is 3.38. The lowest BCUT2D eigenvalue weighted by Crippen LogP contribution is -2.14. The normalized spacial score (nSPS) is 10.5. The molecule has 10 heteroatoms. The van der Waals surface area contributed by atoms with Gasteiger partial charge in [-0.15, -0.1) is 21.5 Å². The van der Waals surface area contributed by atoms with Crippen LogP contribution in [0.3, 0.4) is 0 Å². The second-order valence-electron chi connectivity index (χ2n) is 5.53. The number of thioether (sulfide) groups is 1. The Labute approximate surface area is 175 Å². The quantitative estimate of drug-likeness (QED) is 0.465. The molecule has 1 amide bonds. The van der Waals surface area contributed by atoms with E-state index in [2.05, 4.69) is 32.3 Å². The Morgan fingerprint density at radius 1 is 1.21 bits per heavy atom. The summed E-state index contributed by atoms with van der Waals surface area (Å²) in [4.78, 5) is 13.6. The standard InChI is InChI=1S/C18H20N4O3S3/c1-24-12-5-6-15(25-2)14(10-12)20-16(23)11-27-18-22-21-17(28-18)19-8-7-13-4-3-9-26-13/h3-6,9-10H,7-8,11H2,1-2H3,(H,19,21)(H,20,23). The molecule has 148 valence electrons. The molecule has 0 atom stereocenters. The number of methoxy groups -OCH3 is 2. The molecule has 2 heterocycles. The van der Waals surface area contributed by atoms with E-state index in [9.17, 15) is 4.79 Å². The molecule has 2 aromatic heterocycles. The fourth-order valence-corrected chi connectivity index (χ4v) is 4.60. The first-order valence-electron chi connectivity index (χ1n) is 8.42. The van der Waals surface area contributed by atoms with E-state index in [1.54, 1.807) is 43.8 Å². The van der Waals surface area contributed by atoms with Gasteiger partial charge < -0.3 is 20.1 Å². The van der Waals surface area contributed by atoms with Crippen molar-refractivity contribution in [3.8, 4) is 11.5 Å². The highest BCUT2D eigenvalue weighted by Crippen LogP contribution is 2.30. The Morgan fingerprint density at radius 2 is 2.11 bits per heavy atom. The molecule has 0 fully saturated rings. The van der Waals surface area contributed by atoms with Crippen molar-refractivity contribution in [2.24, 2.45) is 0 Å². The zero-order valence-electron chi connectivity index (χ0n) is 15.4. The van der Waals surface area contributed by atoms with E-state index in [0.717, 1.165) is 22.4 Å². The maximum Gasteiger partial charge on any atom is 0.234 e. The third-order valence-electron chi connectivity index (χ3n) is 3.64. The Hall–Kier alpha value is -2.30. The smallest absolute Gasteiger partial charge is 0.234 e. The van der Waals surface area contributed by atoms with Crippen LogP contribution in [0.25, 0.3) is 0 Å². The van der Waals surface area contributed by atoms with Gasteiger partial charge in [0.15, 0.2) is 4.34 Å². The zero-order valence-corrected chi connectivity index (χ0v) is 17.9. The van der Waals surface area contributed by atoms with Crippen molar-refractivity contribution in [2.75, 3.05) is 37.2 Å². The SMILES string of the molecule is COc1ccc(OC)c(NC(=O)CSc2nnc(NCCc3cccs3)s2)c1. The summed E-state index contributed by atoms with van der Waals surface area (Å²) in [5.74, 6) is 1.29. The lowest BCUT2D eigenvalue weighted by molar-refractivity contribution is -0.113. The van der Waals surface area contributed by atoms with Gasteiger partial charge in [-0.1, -0.05) is 29.2 Å². The lowest BCUT2D eigenvalue weighted by atomic mass is 10.2. The number of hydrogen-bond acceptors (Lipinski definition) is 9. The Balaban J connectivity index is 1.46. The van der Waals surface area contributed by atoms with Crippen LogP contribution in [0, 0.1) is 0 Å². The molecule has 7 nitrogen and oxygen atoms in total. The lowest BCUT2D eigenvalue weighted by Gasteiger charge is -2.11. The molecule has 0 unspecified atom stereocenters. The largest absolute Gasteiger partial charge is 0.497 e. The molecular weight excluding hydrogens is 416 g/mol. The van der Waals surface area contributed by atoms with Gasteiger partial charge in [0, 0.05) is 17.5 Å². The Morgan fingerprint density at radius 3 is 2.86 bits per heavy atom. The molecule has 0 aliphatic heterocycles. The predicted octanol–water partition coefficient (Wildman–Crippen LogP) is 4.00. The number of benzene rings is 1. The summed E-state index contributed by atoms with van der Waals surface area (Å²) in [6.07, 6.45) is 0.949. The predicted molar refractivity (Wildman–Crippen MR) is 115 cm³/mol. The average molecular weight is 437 g/mol. The maximum atomic E-state index is 12.3. The van der Waals surface area contributed by atoms with Gasteiger partial charge >= 0.3 is 0 Å². The zero-order chi connectivity index (χ0) is 19.8. The summed E-state index contributed by atoms with van der Waals surface area (Å²) >= 11 is 4.53. The van der Waals surface area contributed by atoms with E-state index >= 15 is 0 Å². The van der Waals surface area contributed by atoms with Crippen LogP contribution in [0.1, 0.15) is 4.88 Å². The first-order chi connectivity index (χ1) is 13.7. The molecule has 2 N–H and O–H groups in total. The highest BCUT2D eigenvalue weighted by atomic mass is 32.2. The summed E-state index contributed by atoms with van der Waals surface area (Å²) in [5, 5.41) is 17.2. The van der Waals surface area contributed by atoms with Gasteiger partial charge in [0.05, 0.1) is 25.7 Å². The number of anilines is 2. The number of aromatic nitrogens is 2. The van der Waals surface area contributed by atoms with Crippen molar-refractivity contribution in [2.45, 2.75) is 10.8 Å². The molecule has 0 saturated heterocycles. The third kappa shape index (κ3) is 5.85. The van der Waals surface area contributed by atoms with Crippen LogP contribution in [-0.4, -0.2) is 42.6 Å². The summed E-state index contributed by atoms with van der Waals surface area (Å²) in [5.41, 5.74) is 0.570. The number of thiophene rings is 1. The molecule has 0 aliphatic carbocycles. The van der Waals surface area contributed by atoms with Gasteiger partial charge in [-0.2, -0.15) is 0 Å². The number of nitrogens with one attached hydrogen (secondary N) is 2. The number of carbonyl (C=O) groups excluding carboxylic acids is 1. The van der Waals surface area contributed by atoms with Crippen LogP contribution in [0.4, 0.5) is 10.8 Å². The highest BCUT2D eigenvalue weighted by molar-refractivity contribution is 8.01. The monoisotopic (exact) mass is 436 g/mol. The fourth-order valence-electron chi connectivity index (χ4n) is 2.31. The maximum absolute atomic E-state index is 12.3. The number of carbonyl (C=O) groups is 1. The van der Waals surface area contributed by atoms with Crippen LogP contribution in [0.15, 0.2) is 40.1 Å². The molecule has 3 rings (SSSR count). The summed E-state index contributed by atoms with van der Waals surface area (Å²) in [6.45, 7) is 0.802. The molecule has 28 heavy (non-hydrogen) atoms. The van der Waals surface area contributed by atoms with Crippen molar-refractivity contribution in [3.63, 3.8) is 0 Å². The molecular formula is C18H20N4O3S3. The Bertz CT molecular complexity index is 899. The number of amides is 1. The van der Waals surface area contributed by atoms with Crippen LogP contribution in [-0.2, 0) is 11.2 Å². The van der Waals surface area contributed by atoms with Gasteiger partial charge in [-0.3, -0.25) is 4.79 Å². The second-order valence-corrected chi connectivity index (χ2v) is 8.76. The minimum atomic E-state index is -0.154. The van der Waals surface area contributed by atoms with E-state index in [4.69, 9.17) is 9.47 Å². The topological polar surface area (TPSA) is 85.4 Å². The third-order valence-corrected chi connectivity index (χ3v) is 6.59. The summed E-state index contributed by atoms with van der Waals surface area (Å²) in [6, 6.07) is 9.41. The molecule has 0 bridgehead atoms. The number of ether oxygens (including phenoxy) is 2. The van der Waals surface area contributed by atoms with E-state index in [1.807, 2.05) is 6.07 Å². The van der Waals surface area contributed by atoms with Gasteiger partial charge in [-0.25, -0.2) is 0 Å². The Kier molecular flexibility index (Phi) is 7.52. The van der Waals surface area contributed by atoms with Crippen LogP contribution in [0.2, 0.25) is 0 Å². The molecule has 3 aromatic rings. The summed E-state index contributed by atoms with van der Waals surface area (Å²) < 4.78 is 11.2.